The molecule has 3 unspecified atom stereocenters. The summed E-state index contributed by atoms with van der Waals surface area (Å²) in [5.74, 6) is 3.20. The van der Waals surface area contributed by atoms with Crippen molar-refractivity contribution in [3.05, 3.63) is 143 Å². The van der Waals surface area contributed by atoms with Crippen molar-refractivity contribution in [2.45, 2.75) is 69.6 Å². The Kier molecular flexibility index (Phi) is 12.8. The highest BCUT2D eigenvalue weighted by Gasteiger charge is 2.45. The van der Waals surface area contributed by atoms with Crippen molar-refractivity contribution in [3.63, 3.8) is 0 Å². The Morgan fingerprint density at radius 2 is 1.63 bits per heavy atom. The van der Waals surface area contributed by atoms with E-state index in [2.05, 4.69) is 80.6 Å². The number of ether oxygens (including phenoxy) is 2. The third-order valence-corrected chi connectivity index (χ3v) is 13.2. The number of aliphatic imine (C=N–C) groups is 1. The maximum Gasteiger partial charge on any atom is 0.432 e. The third-order valence-electron chi connectivity index (χ3n) is 13.2. The molecule has 67 heavy (non-hydrogen) atoms. The molecule has 1 saturated carbocycles. The van der Waals surface area contributed by atoms with Gasteiger partial charge in [0, 0.05) is 36.0 Å². The van der Waals surface area contributed by atoms with E-state index in [9.17, 15) is 19.2 Å². The van der Waals surface area contributed by atoms with Crippen molar-refractivity contribution in [1.82, 2.24) is 35.1 Å². The number of fused-ring (bicyclic) bond motifs is 3. The molecule has 14 heteroatoms. The number of aromatic amines is 2. The number of nitrogens with one attached hydrogen (secondary N) is 3. The van der Waals surface area contributed by atoms with Crippen LogP contribution >= 0.6 is 0 Å². The molecule has 3 N–H and O–H groups in total. The fourth-order valence-corrected chi connectivity index (χ4v) is 9.38. The quantitative estimate of drug-likeness (QED) is 0.0809. The number of methoxy groups -OCH3 is 2. The topological polar surface area (TPSA) is 175 Å². The van der Waals surface area contributed by atoms with E-state index in [1.807, 2.05) is 65.6 Å². The molecule has 340 valence electrons. The molecule has 1 aliphatic heterocycles. The van der Waals surface area contributed by atoms with Crippen molar-refractivity contribution in [2.75, 3.05) is 20.8 Å². The number of hydrogen-bond acceptors (Lipinski definition) is 8. The van der Waals surface area contributed by atoms with Gasteiger partial charge in [-0.05, 0) is 71.4 Å². The number of rotatable bonds is 12. The number of terminal acetylenes is 1. The zero-order valence-electron chi connectivity index (χ0n) is 37.6. The van der Waals surface area contributed by atoms with Gasteiger partial charge < -0.3 is 34.6 Å². The SMILES string of the molecule is C#CC1CC1N(Cc1ncc(-c2ccc(-c3ccc4c(c3)CCc3[nH]c([C@@H]5C[C@H](C)CCN5C(=O)[C@H](NC(=O)OC)c5ccccc5)nc3-4)cc2)[nH]1)C(=O)C(C=NC(=O)OC)c1ccccc1. The summed E-state index contributed by atoms with van der Waals surface area (Å²) >= 11 is 0. The number of benzene rings is 4. The van der Waals surface area contributed by atoms with Gasteiger partial charge in [0.2, 0.25) is 5.91 Å². The van der Waals surface area contributed by atoms with Crippen LogP contribution in [0.25, 0.3) is 33.6 Å². The number of alkyl carbamates (subject to hydrolysis) is 1. The molecule has 0 bridgehead atoms. The first kappa shape index (κ1) is 44.4. The summed E-state index contributed by atoms with van der Waals surface area (Å²) in [4.78, 5) is 77.4. The highest BCUT2D eigenvalue weighted by Crippen LogP contribution is 2.41. The van der Waals surface area contributed by atoms with Crippen LogP contribution in [0.2, 0.25) is 0 Å². The summed E-state index contributed by atoms with van der Waals surface area (Å²) in [6.45, 7) is 2.94. The second-order valence-electron chi connectivity index (χ2n) is 17.5. The summed E-state index contributed by atoms with van der Waals surface area (Å²) in [5, 5.41) is 2.77. The molecular formula is C53H52N8O6. The molecule has 1 saturated heterocycles. The Morgan fingerprint density at radius 3 is 2.33 bits per heavy atom. The molecule has 2 aromatic heterocycles. The van der Waals surface area contributed by atoms with Crippen molar-refractivity contribution in [3.8, 4) is 46.0 Å². The molecule has 0 spiro atoms. The number of amides is 4. The molecule has 2 fully saturated rings. The van der Waals surface area contributed by atoms with E-state index in [1.165, 1.54) is 26.0 Å². The summed E-state index contributed by atoms with van der Waals surface area (Å²) in [5.41, 5.74) is 9.51. The predicted octanol–water partition coefficient (Wildman–Crippen LogP) is 8.60. The van der Waals surface area contributed by atoms with Crippen LogP contribution < -0.4 is 5.32 Å². The molecule has 9 rings (SSSR count). The number of aryl methyl sites for hydroxylation is 2. The lowest BCUT2D eigenvalue weighted by atomic mass is 9.89. The second kappa shape index (κ2) is 19.4. The lowest BCUT2D eigenvalue weighted by Gasteiger charge is -2.39. The Morgan fingerprint density at radius 1 is 0.910 bits per heavy atom. The van der Waals surface area contributed by atoms with Gasteiger partial charge in [0.1, 0.15) is 17.7 Å². The van der Waals surface area contributed by atoms with Gasteiger partial charge in [0.05, 0.1) is 50.3 Å². The van der Waals surface area contributed by atoms with Gasteiger partial charge in [-0.1, -0.05) is 110 Å². The molecular weight excluding hydrogens is 845 g/mol. The average Bonchev–Trinajstić information content (AvgIpc) is 3.76. The van der Waals surface area contributed by atoms with Crippen LogP contribution in [0.3, 0.4) is 0 Å². The van der Waals surface area contributed by atoms with Crippen LogP contribution in [0, 0.1) is 24.2 Å². The van der Waals surface area contributed by atoms with E-state index < -0.39 is 24.1 Å². The molecule has 3 heterocycles. The molecule has 4 aromatic carbocycles. The van der Waals surface area contributed by atoms with Crippen molar-refractivity contribution in [1.29, 1.82) is 0 Å². The molecule has 3 aliphatic rings. The summed E-state index contributed by atoms with van der Waals surface area (Å²) < 4.78 is 9.61. The van der Waals surface area contributed by atoms with Gasteiger partial charge >= 0.3 is 12.2 Å². The van der Waals surface area contributed by atoms with Crippen LogP contribution in [-0.2, 0) is 38.4 Å². The normalized spacial score (nSPS) is 19.3. The van der Waals surface area contributed by atoms with Gasteiger partial charge in [0.15, 0.2) is 0 Å². The van der Waals surface area contributed by atoms with Gasteiger partial charge in [-0.2, -0.15) is 4.99 Å². The van der Waals surface area contributed by atoms with Crippen LogP contribution in [0.1, 0.15) is 78.2 Å². The maximum atomic E-state index is 14.3. The third kappa shape index (κ3) is 9.49. The lowest BCUT2D eigenvalue weighted by molar-refractivity contribution is -0.138. The highest BCUT2D eigenvalue weighted by molar-refractivity contribution is 6.01. The minimum absolute atomic E-state index is 0.0752. The fraction of sp³-hybridized carbons (Fsp3) is 0.302. The second-order valence-corrected chi connectivity index (χ2v) is 17.5. The number of H-pyrrole nitrogens is 2. The molecule has 6 atom stereocenters. The van der Waals surface area contributed by atoms with Crippen LogP contribution in [-0.4, -0.2) is 86.8 Å². The van der Waals surface area contributed by atoms with Gasteiger partial charge in [-0.25, -0.2) is 19.6 Å². The number of likely N-dealkylation sites (tertiary alicyclic amines) is 1. The Hall–Kier alpha value is -7.79. The van der Waals surface area contributed by atoms with Crippen molar-refractivity contribution in [2.24, 2.45) is 16.8 Å². The zero-order chi connectivity index (χ0) is 46.6. The highest BCUT2D eigenvalue weighted by atomic mass is 16.5. The first-order valence-electron chi connectivity index (χ1n) is 22.6. The minimum atomic E-state index is -0.899. The van der Waals surface area contributed by atoms with Gasteiger partial charge in [-0.3, -0.25) is 9.59 Å². The lowest BCUT2D eigenvalue weighted by Crippen LogP contribution is -2.47. The smallest absolute Gasteiger partial charge is 0.432 e. The molecule has 4 amide bonds. The van der Waals surface area contributed by atoms with Gasteiger partial charge in [-0.15, -0.1) is 12.3 Å². The molecule has 2 aliphatic carbocycles. The number of imidazole rings is 2. The number of carbonyl (C=O) groups is 4. The first-order valence-corrected chi connectivity index (χ1v) is 22.6. The summed E-state index contributed by atoms with van der Waals surface area (Å²) in [7, 11) is 2.53. The summed E-state index contributed by atoms with van der Waals surface area (Å²) in [6.07, 6.45) is 11.3. The van der Waals surface area contributed by atoms with Crippen molar-refractivity contribution < 1.29 is 28.7 Å². The van der Waals surface area contributed by atoms with Crippen LogP contribution in [0.15, 0.2) is 114 Å². The Bertz CT molecular complexity index is 2850. The standard InChI is InChI=1S/C53H52N8O6/c1-5-33-28-44(33)61(50(62)41(29-55-52(64)66-3)35-12-8-6-9-13-35)31-46-54-30-43(56-46)36-18-16-34(17-19-36)38-20-22-40-39(27-38)21-23-42-48(40)58-49(57-42)45-26-32(2)24-25-60(45)51(63)47(59-53(65)67-4)37-14-10-7-11-15-37/h1,6-20,22,27,29-30,32-33,41,44-45,47H,21,23-26,28,31H2,2-4H3,(H,54,56)(H,57,58)(H,59,65)/t32-,33?,41?,44?,45+,47-/m1/s1. The number of nitrogens with zero attached hydrogens (tertiary/aromatic N) is 5. The molecule has 6 aromatic rings. The Labute approximate surface area is 389 Å². The number of aromatic nitrogens is 4. The maximum absolute atomic E-state index is 14.3. The Balaban J connectivity index is 0.912. The van der Waals surface area contributed by atoms with E-state index in [4.69, 9.17) is 20.9 Å². The van der Waals surface area contributed by atoms with E-state index in [-0.39, 0.29) is 36.4 Å². The largest absolute Gasteiger partial charge is 0.453 e. The zero-order valence-corrected chi connectivity index (χ0v) is 37.6. The van der Waals surface area contributed by atoms with E-state index >= 15 is 0 Å². The minimum Gasteiger partial charge on any atom is -0.453 e. The van der Waals surface area contributed by atoms with E-state index in [1.54, 1.807) is 11.1 Å². The van der Waals surface area contributed by atoms with E-state index in [0.717, 1.165) is 70.8 Å². The van der Waals surface area contributed by atoms with Gasteiger partial charge in [0.25, 0.3) is 5.91 Å². The van der Waals surface area contributed by atoms with Crippen LogP contribution in [0.4, 0.5) is 9.59 Å². The number of hydrogen-bond donors (Lipinski definition) is 3. The molecule has 14 nitrogen and oxygen atoms in total. The average molecular weight is 897 g/mol. The predicted molar refractivity (Wildman–Crippen MR) is 253 cm³/mol. The summed E-state index contributed by atoms with van der Waals surface area (Å²) in [6, 6.07) is 31.9. The monoisotopic (exact) mass is 896 g/mol. The number of carbonyl (C=O) groups excluding carboxylic acids is 4. The first-order chi connectivity index (χ1) is 32.6. The molecule has 0 radical (unpaired) electrons. The number of piperidine rings is 1. The van der Waals surface area contributed by atoms with E-state index in [0.29, 0.717) is 35.8 Å². The fourth-order valence-electron chi connectivity index (χ4n) is 9.38. The van der Waals surface area contributed by atoms with Crippen LogP contribution in [0.5, 0.6) is 0 Å². The van der Waals surface area contributed by atoms with Crippen molar-refractivity contribution >= 4 is 30.2 Å².